The lowest BCUT2D eigenvalue weighted by Gasteiger charge is -2.09. The van der Waals surface area contributed by atoms with Crippen molar-refractivity contribution in [2.75, 3.05) is 0 Å². The molecule has 0 aliphatic heterocycles. The van der Waals surface area contributed by atoms with Crippen molar-refractivity contribution in [1.29, 1.82) is 0 Å². The average molecular weight is 262 g/mol. The first-order chi connectivity index (χ1) is 8.99. The summed E-state index contributed by atoms with van der Waals surface area (Å²) in [5.41, 5.74) is 6.39. The summed E-state index contributed by atoms with van der Waals surface area (Å²) in [5, 5.41) is 14.5. The monoisotopic (exact) mass is 262 g/mol. The Hall–Kier alpha value is -2.28. The van der Waals surface area contributed by atoms with Crippen LogP contribution >= 0.6 is 0 Å². The SMILES string of the molecule is CC(C)C(N)c1noc(-c2cccc([N+](=O)[O-])c2)n1. The van der Waals surface area contributed by atoms with E-state index in [4.69, 9.17) is 10.3 Å². The van der Waals surface area contributed by atoms with Crippen LogP contribution in [0.1, 0.15) is 25.7 Å². The number of nitro groups is 1. The molecule has 0 radical (unpaired) electrons. The summed E-state index contributed by atoms with van der Waals surface area (Å²) in [6.45, 7) is 3.90. The van der Waals surface area contributed by atoms with Crippen molar-refractivity contribution in [1.82, 2.24) is 10.1 Å². The lowest BCUT2D eigenvalue weighted by atomic mass is 10.1. The summed E-state index contributed by atoms with van der Waals surface area (Å²) >= 11 is 0. The Morgan fingerprint density at radius 3 is 2.79 bits per heavy atom. The first-order valence-corrected chi connectivity index (χ1v) is 5.83. The van der Waals surface area contributed by atoms with Gasteiger partial charge in [-0.1, -0.05) is 25.1 Å². The van der Waals surface area contributed by atoms with Gasteiger partial charge < -0.3 is 10.3 Å². The van der Waals surface area contributed by atoms with Crippen LogP contribution < -0.4 is 5.73 Å². The minimum atomic E-state index is -0.472. The zero-order valence-corrected chi connectivity index (χ0v) is 10.6. The molecule has 0 bridgehead atoms. The van der Waals surface area contributed by atoms with E-state index in [-0.39, 0.29) is 23.5 Å². The van der Waals surface area contributed by atoms with Crippen LogP contribution in [0.5, 0.6) is 0 Å². The van der Waals surface area contributed by atoms with Crippen LogP contribution in [0.25, 0.3) is 11.5 Å². The predicted molar refractivity (Wildman–Crippen MR) is 68.2 cm³/mol. The number of nitro benzene ring substituents is 1. The highest BCUT2D eigenvalue weighted by Crippen LogP contribution is 2.24. The Morgan fingerprint density at radius 1 is 1.42 bits per heavy atom. The fourth-order valence-electron chi connectivity index (χ4n) is 1.54. The van der Waals surface area contributed by atoms with E-state index in [2.05, 4.69) is 10.1 Å². The molecule has 1 aromatic heterocycles. The van der Waals surface area contributed by atoms with E-state index in [9.17, 15) is 10.1 Å². The average Bonchev–Trinajstić information content (AvgIpc) is 2.87. The Labute approximate surface area is 109 Å². The van der Waals surface area contributed by atoms with Crippen molar-refractivity contribution in [2.24, 2.45) is 11.7 Å². The van der Waals surface area contributed by atoms with Crippen LogP contribution in [0.3, 0.4) is 0 Å². The molecule has 1 atom stereocenters. The first kappa shape index (κ1) is 13.2. The highest BCUT2D eigenvalue weighted by Gasteiger charge is 2.19. The molecular formula is C12H14N4O3. The van der Waals surface area contributed by atoms with Gasteiger partial charge in [-0.25, -0.2) is 0 Å². The second-order valence-corrected chi connectivity index (χ2v) is 4.53. The maximum atomic E-state index is 10.7. The first-order valence-electron chi connectivity index (χ1n) is 5.83. The van der Waals surface area contributed by atoms with E-state index in [1.165, 1.54) is 12.1 Å². The summed E-state index contributed by atoms with van der Waals surface area (Å²) in [5.74, 6) is 0.807. The largest absolute Gasteiger partial charge is 0.334 e. The van der Waals surface area contributed by atoms with E-state index in [1.54, 1.807) is 12.1 Å². The number of rotatable bonds is 4. The zero-order valence-electron chi connectivity index (χ0n) is 10.6. The van der Waals surface area contributed by atoms with Gasteiger partial charge in [0.05, 0.1) is 11.0 Å². The van der Waals surface area contributed by atoms with Gasteiger partial charge >= 0.3 is 0 Å². The molecule has 1 unspecified atom stereocenters. The standard InChI is InChI=1S/C12H14N4O3/c1-7(2)10(13)11-14-12(19-15-11)8-4-3-5-9(6-8)16(17)18/h3-7,10H,13H2,1-2H3. The zero-order chi connectivity index (χ0) is 14.0. The molecule has 0 aliphatic rings. The molecule has 1 heterocycles. The van der Waals surface area contributed by atoms with Gasteiger partial charge in [-0.05, 0) is 12.0 Å². The van der Waals surface area contributed by atoms with Crippen molar-refractivity contribution < 1.29 is 9.45 Å². The summed E-state index contributed by atoms with van der Waals surface area (Å²) in [6, 6.07) is 5.71. The van der Waals surface area contributed by atoms with Crippen LogP contribution in [-0.4, -0.2) is 15.1 Å². The molecule has 2 rings (SSSR count). The van der Waals surface area contributed by atoms with Crippen molar-refractivity contribution in [3.8, 4) is 11.5 Å². The molecule has 0 saturated heterocycles. The van der Waals surface area contributed by atoms with Gasteiger partial charge in [0.25, 0.3) is 11.6 Å². The quantitative estimate of drug-likeness (QED) is 0.669. The number of nitrogens with zero attached hydrogens (tertiary/aromatic N) is 3. The second-order valence-electron chi connectivity index (χ2n) is 4.53. The van der Waals surface area contributed by atoms with Crippen molar-refractivity contribution in [2.45, 2.75) is 19.9 Å². The highest BCUT2D eigenvalue weighted by atomic mass is 16.6. The number of hydrogen-bond acceptors (Lipinski definition) is 6. The van der Waals surface area contributed by atoms with Crippen molar-refractivity contribution >= 4 is 5.69 Å². The molecule has 7 heteroatoms. The summed E-state index contributed by atoms with van der Waals surface area (Å²) in [7, 11) is 0. The Kier molecular flexibility index (Phi) is 3.57. The number of aromatic nitrogens is 2. The highest BCUT2D eigenvalue weighted by molar-refractivity contribution is 5.57. The summed E-state index contributed by atoms with van der Waals surface area (Å²) < 4.78 is 5.09. The van der Waals surface area contributed by atoms with Crippen molar-refractivity contribution in [3.05, 3.63) is 40.2 Å². The number of non-ortho nitro benzene ring substituents is 1. The second kappa shape index (κ2) is 5.15. The van der Waals surface area contributed by atoms with Crippen LogP contribution in [0.15, 0.2) is 28.8 Å². The van der Waals surface area contributed by atoms with Gasteiger partial charge in [-0.3, -0.25) is 10.1 Å². The smallest absolute Gasteiger partial charge is 0.270 e. The Morgan fingerprint density at radius 2 is 2.16 bits per heavy atom. The van der Waals surface area contributed by atoms with Crippen LogP contribution in [0.4, 0.5) is 5.69 Å². The number of nitrogens with two attached hydrogens (primary N) is 1. The predicted octanol–water partition coefficient (Wildman–Crippen LogP) is 2.30. The van der Waals surface area contributed by atoms with E-state index in [1.807, 2.05) is 13.8 Å². The van der Waals surface area contributed by atoms with E-state index < -0.39 is 4.92 Å². The molecule has 7 nitrogen and oxygen atoms in total. The third-order valence-electron chi connectivity index (χ3n) is 2.76. The fourth-order valence-corrected chi connectivity index (χ4v) is 1.54. The molecule has 0 fully saturated rings. The molecular weight excluding hydrogens is 248 g/mol. The molecule has 0 spiro atoms. The third kappa shape index (κ3) is 2.76. The van der Waals surface area contributed by atoms with E-state index >= 15 is 0 Å². The third-order valence-corrected chi connectivity index (χ3v) is 2.76. The maximum absolute atomic E-state index is 10.7. The Bertz CT molecular complexity index is 594. The van der Waals surface area contributed by atoms with Gasteiger partial charge in [0.1, 0.15) is 0 Å². The van der Waals surface area contributed by atoms with Gasteiger partial charge in [0.2, 0.25) is 0 Å². The fraction of sp³-hybridized carbons (Fsp3) is 0.333. The molecule has 2 N–H and O–H groups in total. The molecule has 0 saturated carbocycles. The Balaban J connectivity index is 2.33. The lowest BCUT2D eigenvalue weighted by molar-refractivity contribution is -0.384. The van der Waals surface area contributed by atoms with Crippen molar-refractivity contribution in [3.63, 3.8) is 0 Å². The van der Waals surface area contributed by atoms with Gasteiger partial charge in [0, 0.05) is 17.7 Å². The van der Waals surface area contributed by atoms with E-state index in [0.29, 0.717) is 11.4 Å². The minimum absolute atomic E-state index is 0.0228. The molecule has 2 aromatic rings. The van der Waals surface area contributed by atoms with Gasteiger partial charge in [0.15, 0.2) is 5.82 Å². The van der Waals surface area contributed by atoms with Gasteiger partial charge in [-0.2, -0.15) is 4.98 Å². The number of benzene rings is 1. The van der Waals surface area contributed by atoms with Crippen LogP contribution in [0, 0.1) is 16.0 Å². The minimum Gasteiger partial charge on any atom is -0.334 e. The molecule has 0 aliphatic carbocycles. The van der Waals surface area contributed by atoms with Gasteiger partial charge in [-0.15, -0.1) is 0 Å². The molecule has 1 aromatic carbocycles. The normalized spacial score (nSPS) is 12.6. The number of hydrogen-bond donors (Lipinski definition) is 1. The van der Waals surface area contributed by atoms with Crippen LogP contribution in [-0.2, 0) is 0 Å². The molecule has 19 heavy (non-hydrogen) atoms. The molecule has 100 valence electrons. The summed E-state index contributed by atoms with van der Waals surface area (Å²) in [4.78, 5) is 14.4. The molecule has 0 amide bonds. The van der Waals surface area contributed by atoms with Crippen LogP contribution in [0.2, 0.25) is 0 Å². The topological polar surface area (TPSA) is 108 Å². The summed E-state index contributed by atoms with van der Waals surface area (Å²) in [6.07, 6.45) is 0. The lowest BCUT2D eigenvalue weighted by Crippen LogP contribution is -2.18. The van der Waals surface area contributed by atoms with E-state index in [0.717, 1.165) is 0 Å². The maximum Gasteiger partial charge on any atom is 0.270 e.